The quantitative estimate of drug-likeness (QED) is 0.483. The van der Waals surface area contributed by atoms with Gasteiger partial charge >= 0.3 is 5.97 Å². The summed E-state index contributed by atoms with van der Waals surface area (Å²) in [5.74, 6) is 0.485. The van der Waals surface area contributed by atoms with Gasteiger partial charge in [-0.05, 0) is 30.2 Å². The number of ether oxygens (including phenoxy) is 1. The van der Waals surface area contributed by atoms with Crippen LogP contribution in [-0.4, -0.2) is 18.0 Å². The number of fused-ring (bicyclic) bond motifs is 1. The highest BCUT2D eigenvalue weighted by molar-refractivity contribution is 5.88. The third kappa shape index (κ3) is 1.65. The minimum Gasteiger partial charge on any atom is -0.468 e. The number of non-ortho nitro benzene ring substituents is 1. The van der Waals surface area contributed by atoms with Crippen LogP contribution in [0, 0.1) is 22.0 Å². The Bertz CT molecular complexity index is 539. The number of carbonyl (C=O) groups is 1. The number of benzene rings is 1. The lowest BCUT2D eigenvalue weighted by molar-refractivity contribution is -0.384. The van der Waals surface area contributed by atoms with Crippen molar-refractivity contribution in [2.24, 2.45) is 11.8 Å². The summed E-state index contributed by atoms with van der Waals surface area (Å²) in [5, 5.41) is 10.7. The average Bonchev–Trinajstić information content (AvgIpc) is 3.16. The molecule has 2 aliphatic carbocycles. The Kier molecular flexibility index (Phi) is 3.00. The summed E-state index contributed by atoms with van der Waals surface area (Å²) in [7, 11) is 1.42. The molecule has 0 aliphatic heterocycles. The SMILES string of the molecule is COC(=O)C1(c2ccc([N+](=O)[O-])cc2)[C@@H]2CCCC[C@@H]21. The zero-order valence-electron chi connectivity index (χ0n) is 11.4. The number of rotatable bonds is 3. The molecule has 2 fully saturated rings. The summed E-state index contributed by atoms with van der Waals surface area (Å²) >= 11 is 0. The first kappa shape index (κ1) is 13.1. The van der Waals surface area contributed by atoms with Crippen molar-refractivity contribution >= 4 is 11.7 Å². The van der Waals surface area contributed by atoms with Crippen molar-refractivity contribution in [2.75, 3.05) is 7.11 Å². The fourth-order valence-corrected chi connectivity index (χ4v) is 4.00. The molecule has 5 heteroatoms. The van der Waals surface area contributed by atoms with Gasteiger partial charge in [0, 0.05) is 12.1 Å². The van der Waals surface area contributed by atoms with E-state index in [4.69, 9.17) is 4.74 Å². The number of hydrogen-bond acceptors (Lipinski definition) is 4. The molecular formula is C15H17NO4. The third-order valence-electron chi connectivity index (χ3n) is 4.91. The van der Waals surface area contributed by atoms with Gasteiger partial charge in [0.25, 0.3) is 5.69 Å². The van der Waals surface area contributed by atoms with Gasteiger partial charge < -0.3 is 4.74 Å². The third-order valence-corrected chi connectivity index (χ3v) is 4.91. The molecule has 0 N–H and O–H groups in total. The maximum atomic E-state index is 12.3. The van der Waals surface area contributed by atoms with Crippen LogP contribution in [0.2, 0.25) is 0 Å². The first-order valence-corrected chi connectivity index (χ1v) is 6.95. The molecular weight excluding hydrogens is 258 g/mol. The molecule has 0 radical (unpaired) electrons. The molecule has 0 heterocycles. The summed E-state index contributed by atoms with van der Waals surface area (Å²) in [6, 6.07) is 6.38. The molecule has 1 aromatic rings. The van der Waals surface area contributed by atoms with E-state index in [-0.39, 0.29) is 11.7 Å². The predicted octanol–water partition coefficient (Wildman–Crippen LogP) is 2.83. The number of nitrogens with zero attached hydrogens (tertiary/aromatic N) is 1. The minimum atomic E-state index is -0.555. The number of methoxy groups -OCH3 is 1. The van der Waals surface area contributed by atoms with E-state index >= 15 is 0 Å². The van der Waals surface area contributed by atoms with Crippen molar-refractivity contribution in [3.63, 3.8) is 0 Å². The van der Waals surface area contributed by atoms with E-state index < -0.39 is 10.3 Å². The van der Waals surface area contributed by atoms with E-state index in [1.54, 1.807) is 12.1 Å². The van der Waals surface area contributed by atoms with Crippen LogP contribution in [0.4, 0.5) is 5.69 Å². The number of hydrogen-bond donors (Lipinski definition) is 0. The van der Waals surface area contributed by atoms with Crippen molar-refractivity contribution in [1.82, 2.24) is 0 Å². The topological polar surface area (TPSA) is 69.4 Å². The van der Waals surface area contributed by atoms with Crippen LogP contribution < -0.4 is 0 Å². The van der Waals surface area contributed by atoms with Crippen molar-refractivity contribution in [1.29, 1.82) is 0 Å². The van der Waals surface area contributed by atoms with Gasteiger partial charge in [0.05, 0.1) is 17.4 Å². The van der Waals surface area contributed by atoms with Gasteiger partial charge in [-0.1, -0.05) is 25.0 Å². The van der Waals surface area contributed by atoms with Gasteiger partial charge in [-0.15, -0.1) is 0 Å². The predicted molar refractivity (Wildman–Crippen MR) is 72.2 cm³/mol. The molecule has 0 saturated heterocycles. The van der Waals surface area contributed by atoms with Gasteiger partial charge in [0.2, 0.25) is 0 Å². The Morgan fingerprint density at radius 2 is 1.80 bits per heavy atom. The molecule has 0 amide bonds. The maximum absolute atomic E-state index is 12.3. The van der Waals surface area contributed by atoms with Crippen molar-refractivity contribution < 1.29 is 14.5 Å². The van der Waals surface area contributed by atoms with Crippen LogP contribution in [0.1, 0.15) is 31.2 Å². The van der Waals surface area contributed by atoms with Crippen LogP contribution in [0.3, 0.4) is 0 Å². The largest absolute Gasteiger partial charge is 0.468 e. The first-order valence-electron chi connectivity index (χ1n) is 6.95. The molecule has 106 valence electrons. The van der Waals surface area contributed by atoms with E-state index in [1.165, 1.54) is 19.2 Å². The van der Waals surface area contributed by atoms with E-state index in [2.05, 4.69) is 0 Å². The number of esters is 1. The lowest BCUT2D eigenvalue weighted by Gasteiger charge is -2.15. The molecule has 2 saturated carbocycles. The molecule has 0 bridgehead atoms. The van der Waals surface area contributed by atoms with Gasteiger partial charge in [-0.2, -0.15) is 0 Å². The monoisotopic (exact) mass is 275 g/mol. The normalized spacial score (nSPS) is 31.2. The fourth-order valence-electron chi connectivity index (χ4n) is 4.00. The molecule has 1 aromatic carbocycles. The van der Waals surface area contributed by atoms with Crippen molar-refractivity contribution in [3.05, 3.63) is 39.9 Å². The Balaban J connectivity index is 1.99. The van der Waals surface area contributed by atoms with Crippen LogP contribution in [-0.2, 0) is 14.9 Å². The molecule has 5 nitrogen and oxygen atoms in total. The second-order valence-corrected chi connectivity index (χ2v) is 5.66. The molecule has 0 aromatic heterocycles. The molecule has 3 atom stereocenters. The Hall–Kier alpha value is -1.91. The zero-order valence-corrected chi connectivity index (χ0v) is 11.4. The van der Waals surface area contributed by atoms with Gasteiger partial charge in [0.15, 0.2) is 0 Å². The van der Waals surface area contributed by atoms with Gasteiger partial charge in [-0.3, -0.25) is 14.9 Å². The Morgan fingerprint density at radius 3 is 2.25 bits per heavy atom. The number of carbonyl (C=O) groups excluding carboxylic acids is 1. The second kappa shape index (κ2) is 4.58. The smallest absolute Gasteiger partial charge is 0.316 e. The van der Waals surface area contributed by atoms with Crippen LogP contribution >= 0.6 is 0 Å². The second-order valence-electron chi connectivity index (χ2n) is 5.66. The highest BCUT2D eigenvalue weighted by Gasteiger charge is 2.70. The van der Waals surface area contributed by atoms with Crippen molar-refractivity contribution in [2.45, 2.75) is 31.1 Å². The summed E-state index contributed by atoms with van der Waals surface area (Å²) in [5.41, 5.74) is 0.365. The summed E-state index contributed by atoms with van der Waals surface area (Å²) in [6.07, 6.45) is 4.37. The van der Waals surface area contributed by atoms with E-state index in [9.17, 15) is 14.9 Å². The van der Waals surface area contributed by atoms with Crippen molar-refractivity contribution in [3.8, 4) is 0 Å². The fraction of sp³-hybridized carbons (Fsp3) is 0.533. The summed E-state index contributed by atoms with van der Waals surface area (Å²) in [4.78, 5) is 22.6. The van der Waals surface area contributed by atoms with E-state index in [0.29, 0.717) is 11.8 Å². The average molecular weight is 275 g/mol. The molecule has 1 unspecified atom stereocenters. The maximum Gasteiger partial charge on any atom is 0.316 e. The molecule has 2 aliphatic rings. The number of nitro groups is 1. The van der Waals surface area contributed by atoms with E-state index in [1.807, 2.05) is 0 Å². The van der Waals surface area contributed by atoms with Crippen LogP contribution in [0.15, 0.2) is 24.3 Å². The standard InChI is InChI=1S/C15H17NO4/c1-20-14(17)15(12-4-2-3-5-13(12)15)10-6-8-11(9-7-10)16(18)19/h6-9,12-13H,2-5H2,1H3/t12-,13+,15?. The highest BCUT2D eigenvalue weighted by Crippen LogP contribution is 2.66. The highest BCUT2D eigenvalue weighted by atomic mass is 16.6. The molecule has 0 spiro atoms. The first-order chi connectivity index (χ1) is 9.62. The zero-order chi connectivity index (χ0) is 14.3. The van der Waals surface area contributed by atoms with Gasteiger partial charge in [-0.25, -0.2) is 0 Å². The Morgan fingerprint density at radius 1 is 1.25 bits per heavy atom. The lowest BCUT2D eigenvalue weighted by Crippen LogP contribution is -2.26. The summed E-state index contributed by atoms with van der Waals surface area (Å²) in [6.45, 7) is 0. The lowest BCUT2D eigenvalue weighted by atomic mass is 9.91. The molecule has 3 rings (SSSR count). The number of nitro benzene ring substituents is 1. The molecule has 20 heavy (non-hydrogen) atoms. The van der Waals surface area contributed by atoms with Gasteiger partial charge in [0.1, 0.15) is 0 Å². The Labute approximate surface area is 117 Å². The van der Waals surface area contributed by atoms with Crippen LogP contribution in [0.25, 0.3) is 0 Å². The van der Waals surface area contributed by atoms with Crippen LogP contribution in [0.5, 0.6) is 0 Å². The summed E-state index contributed by atoms with van der Waals surface area (Å²) < 4.78 is 5.03. The minimum absolute atomic E-state index is 0.0531. The van der Waals surface area contributed by atoms with E-state index in [0.717, 1.165) is 31.2 Å².